The number of H-pyrrole nitrogens is 1. The van der Waals surface area contributed by atoms with Crippen LogP contribution >= 0.6 is 11.8 Å². The Labute approximate surface area is 150 Å². The Morgan fingerprint density at radius 3 is 2.96 bits per heavy atom. The third kappa shape index (κ3) is 3.16. The Bertz CT molecular complexity index is 944. The first-order valence-corrected chi connectivity index (χ1v) is 9.41. The highest BCUT2D eigenvalue weighted by Gasteiger charge is 2.33. The normalized spacial score (nSPS) is 19.8. The molecule has 0 unspecified atom stereocenters. The van der Waals surface area contributed by atoms with E-state index in [0.29, 0.717) is 12.0 Å². The Hall–Kier alpha value is -2.28. The molecule has 0 amide bonds. The molecule has 4 rings (SSSR count). The van der Waals surface area contributed by atoms with Gasteiger partial charge in [0.1, 0.15) is 17.8 Å². The summed E-state index contributed by atoms with van der Waals surface area (Å²) in [5.74, 6) is 2.80. The maximum absolute atomic E-state index is 11.4. The van der Waals surface area contributed by atoms with E-state index in [1.807, 2.05) is 36.3 Å². The van der Waals surface area contributed by atoms with E-state index in [4.69, 9.17) is 0 Å². The summed E-state index contributed by atoms with van der Waals surface area (Å²) < 4.78 is 1.64. The van der Waals surface area contributed by atoms with E-state index in [9.17, 15) is 4.79 Å². The van der Waals surface area contributed by atoms with Gasteiger partial charge in [0.05, 0.1) is 5.39 Å². The molecule has 1 aliphatic carbocycles. The first-order valence-electron chi connectivity index (χ1n) is 8.42. The van der Waals surface area contributed by atoms with Crippen molar-refractivity contribution >= 4 is 28.6 Å². The zero-order valence-electron chi connectivity index (χ0n) is 14.3. The molecule has 0 bridgehead atoms. The predicted molar refractivity (Wildman–Crippen MR) is 101 cm³/mol. The molecule has 25 heavy (non-hydrogen) atoms. The van der Waals surface area contributed by atoms with Gasteiger partial charge in [-0.2, -0.15) is 0 Å². The zero-order chi connectivity index (χ0) is 17.4. The van der Waals surface area contributed by atoms with Crippen LogP contribution < -0.4 is 10.5 Å². The van der Waals surface area contributed by atoms with Crippen LogP contribution in [0.25, 0.3) is 11.0 Å². The van der Waals surface area contributed by atoms with Crippen LogP contribution in [0.1, 0.15) is 12.8 Å². The Morgan fingerprint density at radius 2 is 2.16 bits per heavy atom. The minimum Gasteiger partial charge on any atom is -0.356 e. The molecule has 0 radical (unpaired) electrons. The van der Waals surface area contributed by atoms with Crippen molar-refractivity contribution in [2.75, 3.05) is 17.7 Å². The molecule has 0 saturated heterocycles. The van der Waals surface area contributed by atoms with Crippen molar-refractivity contribution < 1.29 is 0 Å². The van der Waals surface area contributed by atoms with E-state index in [1.165, 1.54) is 12.8 Å². The van der Waals surface area contributed by atoms with Crippen molar-refractivity contribution in [2.24, 2.45) is 13.0 Å². The lowest BCUT2D eigenvalue weighted by Crippen LogP contribution is -2.43. The number of aromatic nitrogens is 4. The molecule has 7 heteroatoms. The third-order valence-corrected chi connectivity index (χ3v) is 6.18. The number of nitrogens with one attached hydrogen (secondary N) is 1. The lowest BCUT2D eigenvalue weighted by Gasteiger charge is -2.41. The molecule has 0 atom stereocenters. The molecule has 130 valence electrons. The molecule has 1 N–H and O–H groups in total. The quantitative estimate of drug-likeness (QED) is 0.713. The fraction of sp³-hybridized carbons (Fsp3) is 0.389. The fourth-order valence-corrected chi connectivity index (χ4v) is 4.43. The molecule has 1 saturated carbocycles. The van der Waals surface area contributed by atoms with Gasteiger partial charge in [-0.25, -0.2) is 9.97 Å². The summed E-state index contributed by atoms with van der Waals surface area (Å²) in [6.45, 7) is 0. The molecule has 1 fully saturated rings. The summed E-state index contributed by atoms with van der Waals surface area (Å²) in [4.78, 5) is 26.8. The lowest BCUT2D eigenvalue weighted by molar-refractivity contribution is 0.286. The van der Waals surface area contributed by atoms with Crippen LogP contribution in [0.3, 0.4) is 0 Å². The largest absolute Gasteiger partial charge is 0.356 e. The summed E-state index contributed by atoms with van der Waals surface area (Å²) in [7, 11) is 3.92. The first kappa shape index (κ1) is 16.2. The van der Waals surface area contributed by atoms with Crippen molar-refractivity contribution in [1.82, 2.24) is 19.5 Å². The number of aryl methyl sites for hydroxylation is 1. The van der Waals surface area contributed by atoms with E-state index in [2.05, 4.69) is 26.9 Å². The average molecular weight is 355 g/mol. The molecule has 1 aliphatic rings. The molecule has 3 aromatic heterocycles. The second-order valence-corrected chi connectivity index (χ2v) is 7.76. The molecule has 0 spiro atoms. The topological polar surface area (TPSA) is 66.8 Å². The number of nitrogens with zero attached hydrogens (tertiary/aromatic N) is 4. The number of thioether (sulfide) groups is 1. The minimum atomic E-state index is 0.0376. The average Bonchev–Trinajstić information content (AvgIpc) is 3.05. The molecule has 6 nitrogen and oxygen atoms in total. The smallest absolute Gasteiger partial charge is 0.250 e. The molecule has 3 heterocycles. The molecule has 0 aliphatic heterocycles. The molecule has 3 aromatic rings. The van der Waals surface area contributed by atoms with Crippen molar-refractivity contribution in [3.05, 3.63) is 47.3 Å². The maximum Gasteiger partial charge on any atom is 0.250 e. The third-order valence-electron chi connectivity index (χ3n) is 4.97. The van der Waals surface area contributed by atoms with Crippen LogP contribution in [0.2, 0.25) is 0 Å². The number of aromatic amines is 1. The van der Waals surface area contributed by atoms with Crippen LogP contribution in [-0.2, 0) is 7.05 Å². The number of hydrogen-bond donors (Lipinski definition) is 1. The van der Waals surface area contributed by atoms with Crippen LogP contribution in [-0.4, -0.2) is 38.4 Å². The van der Waals surface area contributed by atoms with Crippen LogP contribution in [0.4, 0.5) is 5.82 Å². The van der Waals surface area contributed by atoms with Crippen molar-refractivity contribution in [3.8, 4) is 0 Å². The SMILES string of the molecule is CN(c1ncnc2[nH]ccc12)C1CC(CSc2ccc(=O)n(C)c2)C1. The minimum absolute atomic E-state index is 0.0376. The van der Waals surface area contributed by atoms with Crippen LogP contribution in [0, 0.1) is 5.92 Å². The van der Waals surface area contributed by atoms with E-state index in [0.717, 1.165) is 27.5 Å². The van der Waals surface area contributed by atoms with Crippen LogP contribution in [0.5, 0.6) is 0 Å². The lowest BCUT2D eigenvalue weighted by atomic mass is 9.81. The van der Waals surface area contributed by atoms with E-state index in [1.54, 1.807) is 24.0 Å². The Morgan fingerprint density at radius 1 is 1.32 bits per heavy atom. The highest BCUT2D eigenvalue weighted by atomic mass is 32.2. The zero-order valence-corrected chi connectivity index (χ0v) is 15.2. The summed E-state index contributed by atoms with van der Waals surface area (Å²) in [6.07, 6.45) is 7.79. The Kier molecular flexibility index (Phi) is 4.25. The number of anilines is 1. The van der Waals surface area contributed by atoms with Crippen molar-refractivity contribution in [2.45, 2.75) is 23.8 Å². The van der Waals surface area contributed by atoms with Gasteiger partial charge < -0.3 is 14.5 Å². The van der Waals surface area contributed by atoms with Gasteiger partial charge in [0.15, 0.2) is 0 Å². The van der Waals surface area contributed by atoms with Gasteiger partial charge in [-0.1, -0.05) is 0 Å². The van der Waals surface area contributed by atoms with Gasteiger partial charge >= 0.3 is 0 Å². The number of rotatable bonds is 5. The van der Waals surface area contributed by atoms with Crippen molar-refractivity contribution in [3.63, 3.8) is 0 Å². The summed E-state index contributed by atoms with van der Waals surface area (Å²) in [5.41, 5.74) is 0.925. The van der Waals surface area contributed by atoms with E-state index >= 15 is 0 Å². The second kappa shape index (κ2) is 6.55. The maximum atomic E-state index is 11.4. The number of hydrogen-bond acceptors (Lipinski definition) is 5. The van der Waals surface area contributed by atoms with E-state index < -0.39 is 0 Å². The van der Waals surface area contributed by atoms with Gasteiger partial charge in [0, 0.05) is 49.2 Å². The monoisotopic (exact) mass is 355 g/mol. The van der Waals surface area contributed by atoms with Gasteiger partial charge in [-0.05, 0) is 30.9 Å². The Balaban J connectivity index is 1.34. The van der Waals surface area contributed by atoms with Crippen molar-refractivity contribution in [1.29, 1.82) is 0 Å². The highest BCUT2D eigenvalue weighted by molar-refractivity contribution is 7.99. The van der Waals surface area contributed by atoms with Gasteiger partial charge in [-0.3, -0.25) is 4.79 Å². The molecular weight excluding hydrogens is 334 g/mol. The van der Waals surface area contributed by atoms with E-state index in [-0.39, 0.29) is 5.56 Å². The predicted octanol–water partition coefficient (Wildman–Crippen LogP) is 2.66. The first-order chi connectivity index (χ1) is 12.1. The summed E-state index contributed by atoms with van der Waals surface area (Å²) in [6, 6.07) is 6.11. The summed E-state index contributed by atoms with van der Waals surface area (Å²) in [5, 5.41) is 1.08. The van der Waals surface area contributed by atoms with Gasteiger partial charge in [0.25, 0.3) is 0 Å². The highest BCUT2D eigenvalue weighted by Crippen LogP contribution is 2.37. The standard InChI is InChI=1S/C18H21N5OS/c1-22-9-14(3-4-16(22)24)25-10-12-7-13(8-12)23(2)18-15-5-6-19-17(15)20-11-21-18/h3-6,9,11-13H,7-8,10H2,1-2H3,(H,19,20,21). The number of fused-ring (bicyclic) bond motifs is 1. The molecule has 0 aromatic carbocycles. The van der Waals surface area contributed by atoms with Gasteiger partial charge in [-0.15, -0.1) is 11.8 Å². The fourth-order valence-electron chi connectivity index (χ4n) is 3.33. The van der Waals surface area contributed by atoms with Crippen LogP contribution in [0.15, 0.2) is 46.6 Å². The second-order valence-electron chi connectivity index (χ2n) is 6.66. The number of pyridine rings is 1. The summed E-state index contributed by atoms with van der Waals surface area (Å²) >= 11 is 1.83. The van der Waals surface area contributed by atoms with Gasteiger partial charge in [0.2, 0.25) is 5.56 Å². The molecular formula is C18H21N5OS.